The molecular weight excluding hydrogens is 346 g/mol. The van der Waals surface area contributed by atoms with Gasteiger partial charge in [0.1, 0.15) is 5.69 Å². The van der Waals surface area contributed by atoms with Crippen LogP contribution in [-0.2, 0) is 5.54 Å². The van der Waals surface area contributed by atoms with Gasteiger partial charge in [-0.15, -0.1) is 0 Å². The van der Waals surface area contributed by atoms with E-state index in [4.69, 9.17) is 6.57 Å². The van der Waals surface area contributed by atoms with Gasteiger partial charge in [-0.05, 0) is 48.8 Å². The molecule has 26 heavy (non-hydrogen) atoms. The smallest absolute Gasteiger partial charge is 0.293 e. The Bertz CT molecular complexity index is 703. The third kappa shape index (κ3) is 3.68. The Kier molecular flexibility index (Phi) is 5.76. The van der Waals surface area contributed by atoms with E-state index in [0.29, 0.717) is 12.0 Å². The fourth-order valence-electron chi connectivity index (χ4n) is 4.01. The predicted octanol–water partition coefficient (Wildman–Crippen LogP) is 5.25. The van der Waals surface area contributed by atoms with Crippen molar-refractivity contribution in [2.75, 3.05) is 23.0 Å². The molecule has 0 spiro atoms. The van der Waals surface area contributed by atoms with Gasteiger partial charge in [0.2, 0.25) is 0 Å². The molecule has 140 valence electrons. The number of rotatable bonds is 6. The van der Waals surface area contributed by atoms with Crippen molar-refractivity contribution < 1.29 is 4.92 Å². The molecule has 5 nitrogen and oxygen atoms in total. The number of benzene rings is 1. The molecule has 0 aromatic heterocycles. The summed E-state index contributed by atoms with van der Waals surface area (Å²) < 4.78 is 0. The molecule has 3 rings (SSSR count). The number of anilines is 1. The molecule has 2 aliphatic rings. The van der Waals surface area contributed by atoms with Crippen molar-refractivity contribution in [1.29, 1.82) is 0 Å². The van der Waals surface area contributed by atoms with Gasteiger partial charge >= 0.3 is 0 Å². The van der Waals surface area contributed by atoms with Gasteiger partial charge in [-0.2, -0.15) is 11.8 Å². The first-order chi connectivity index (χ1) is 12.5. The quantitative estimate of drug-likeness (QED) is 0.388. The number of hydrogen-bond acceptors (Lipinski definition) is 4. The van der Waals surface area contributed by atoms with Crippen molar-refractivity contribution >= 4 is 23.1 Å². The highest BCUT2D eigenvalue weighted by Crippen LogP contribution is 2.47. The number of thioether (sulfide) groups is 1. The van der Waals surface area contributed by atoms with E-state index in [1.807, 2.05) is 23.9 Å². The molecule has 1 heterocycles. The fraction of sp³-hybridized carbons (Fsp3) is 0.650. The Morgan fingerprint density at radius 1 is 1.38 bits per heavy atom. The molecule has 2 fully saturated rings. The van der Waals surface area contributed by atoms with E-state index in [1.165, 1.54) is 0 Å². The molecule has 0 amide bonds. The van der Waals surface area contributed by atoms with Crippen LogP contribution in [0, 0.1) is 22.6 Å². The largest absolute Gasteiger partial charge is 0.363 e. The summed E-state index contributed by atoms with van der Waals surface area (Å²) >= 11 is 1.97. The van der Waals surface area contributed by atoms with Crippen molar-refractivity contribution in [2.45, 2.75) is 57.5 Å². The Morgan fingerprint density at radius 3 is 2.58 bits per heavy atom. The maximum Gasteiger partial charge on any atom is 0.293 e. The van der Waals surface area contributed by atoms with Gasteiger partial charge in [0.25, 0.3) is 11.2 Å². The summed E-state index contributed by atoms with van der Waals surface area (Å²) in [6.07, 6.45) is 4.78. The standard InChI is InChI=1S/C20H27N3O2S/c1-15(2)14-22(17-7-11-26-12-8-17)18-6-5-16(13-19(18)23(24)25)20(21-3)9-4-10-20/h5-6,13,15,17H,4,7-12,14H2,1-2H3. The second-order valence-corrected chi connectivity index (χ2v) is 9.07. The van der Waals surface area contributed by atoms with E-state index in [-0.39, 0.29) is 10.6 Å². The Balaban J connectivity index is 2.00. The number of nitro benzene ring substituents is 1. The van der Waals surface area contributed by atoms with Gasteiger partial charge in [0.05, 0.1) is 4.92 Å². The van der Waals surface area contributed by atoms with E-state index in [0.717, 1.165) is 61.4 Å². The first kappa shape index (κ1) is 19.0. The van der Waals surface area contributed by atoms with E-state index in [9.17, 15) is 10.1 Å². The minimum Gasteiger partial charge on any atom is -0.363 e. The maximum absolute atomic E-state index is 11.9. The first-order valence-electron chi connectivity index (χ1n) is 9.49. The van der Waals surface area contributed by atoms with Crippen molar-refractivity contribution in [2.24, 2.45) is 5.92 Å². The fourth-order valence-corrected chi connectivity index (χ4v) is 5.09. The highest BCUT2D eigenvalue weighted by atomic mass is 32.2. The molecule has 0 atom stereocenters. The van der Waals surface area contributed by atoms with Crippen LogP contribution in [0.5, 0.6) is 0 Å². The van der Waals surface area contributed by atoms with Gasteiger partial charge < -0.3 is 9.74 Å². The summed E-state index contributed by atoms with van der Waals surface area (Å²) in [5.41, 5.74) is 1.17. The summed E-state index contributed by atoms with van der Waals surface area (Å²) in [5, 5.41) is 11.9. The number of hydrogen-bond donors (Lipinski definition) is 0. The predicted molar refractivity (Wildman–Crippen MR) is 108 cm³/mol. The average Bonchev–Trinajstić information content (AvgIpc) is 2.60. The van der Waals surface area contributed by atoms with Crippen molar-refractivity contribution in [3.63, 3.8) is 0 Å². The maximum atomic E-state index is 11.9. The molecule has 0 radical (unpaired) electrons. The third-order valence-electron chi connectivity index (χ3n) is 5.61. The second kappa shape index (κ2) is 7.87. The number of nitro groups is 1. The molecule has 6 heteroatoms. The zero-order chi connectivity index (χ0) is 18.7. The van der Waals surface area contributed by atoms with Crippen LogP contribution in [0.15, 0.2) is 18.2 Å². The highest BCUT2D eigenvalue weighted by Gasteiger charge is 2.46. The molecule has 1 aromatic rings. The molecule has 1 aromatic carbocycles. The molecule has 0 N–H and O–H groups in total. The Morgan fingerprint density at radius 2 is 2.08 bits per heavy atom. The van der Waals surface area contributed by atoms with Crippen molar-refractivity contribution in [1.82, 2.24) is 0 Å². The third-order valence-corrected chi connectivity index (χ3v) is 6.66. The Hall–Kier alpha value is -1.74. The van der Waals surface area contributed by atoms with Crippen molar-refractivity contribution in [3.05, 3.63) is 45.3 Å². The van der Waals surface area contributed by atoms with Gasteiger partial charge in [0.15, 0.2) is 0 Å². The lowest BCUT2D eigenvalue weighted by molar-refractivity contribution is -0.384. The molecular formula is C20H27N3O2S. The normalized spacial score (nSPS) is 19.6. The molecule has 1 saturated carbocycles. The van der Waals surface area contributed by atoms with Gasteiger partial charge in [-0.25, -0.2) is 6.57 Å². The van der Waals surface area contributed by atoms with E-state index in [1.54, 1.807) is 6.07 Å². The second-order valence-electron chi connectivity index (χ2n) is 7.85. The minimum atomic E-state index is -0.534. The lowest BCUT2D eigenvalue weighted by Crippen LogP contribution is -2.40. The van der Waals surface area contributed by atoms with Crippen LogP contribution < -0.4 is 4.90 Å². The van der Waals surface area contributed by atoms with E-state index < -0.39 is 5.54 Å². The molecule has 0 unspecified atom stereocenters. The topological polar surface area (TPSA) is 50.7 Å². The van der Waals surface area contributed by atoms with Gasteiger partial charge in [0, 0.05) is 37.1 Å². The molecule has 0 bridgehead atoms. The highest BCUT2D eigenvalue weighted by molar-refractivity contribution is 7.99. The lowest BCUT2D eigenvalue weighted by Gasteiger charge is -2.37. The van der Waals surface area contributed by atoms with Crippen LogP contribution in [0.1, 0.15) is 51.5 Å². The average molecular weight is 374 g/mol. The number of nitrogens with zero attached hydrogens (tertiary/aromatic N) is 3. The first-order valence-corrected chi connectivity index (χ1v) is 10.6. The van der Waals surface area contributed by atoms with Crippen LogP contribution in [0.25, 0.3) is 4.85 Å². The van der Waals surface area contributed by atoms with Gasteiger partial charge in [-0.1, -0.05) is 13.8 Å². The van der Waals surface area contributed by atoms with Crippen molar-refractivity contribution in [3.8, 4) is 0 Å². The Labute approximate surface area is 160 Å². The van der Waals surface area contributed by atoms with Crippen LogP contribution in [0.2, 0.25) is 0 Å². The minimum absolute atomic E-state index is 0.163. The summed E-state index contributed by atoms with van der Waals surface area (Å²) in [6, 6.07) is 5.91. The summed E-state index contributed by atoms with van der Waals surface area (Å²) in [4.78, 5) is 17.7. The monoisotopic (exact) mass is 373 g/mol. The van der Waals surface area contributed by atoms with Crippen LogP contribution in [0.3, 0.4) is 0 Å². The summed E-state index contributed by atoms with van der Waals surface area (Å²) in [7, 11) is 0. The van der Waals surface area contributed by atoms with Crippen LogP contribution in [-0.4, -0.2) is 29.0 Å². The summed E-state index contributed by atoms with van der Waals surface area (Å²) in [5.74, 6) is 2.67. The van der Waals surface area contributed by atoms with Gasteiger partial charge in [-0.3, -0.25) is 10.1 Å². The van der Waals surface area contributed by atoms with E-state index >= 15 is 0 Å². The lowest BCUT2D eigenvalue weighted by atomic mass is 9.72. The molecule has 1 saturated heterocycles. The molecule has 1 aliphatic carbocycles. The SMILES string of the molecule is [C-]#[N+]C1(c2ccc(N(CC(C)C)C3CCSCC3)c([N+](=O)[O-])c2)CCC1. The van der Waals surface area contributed by atoms with Crippen LogP contribution in [0.4, 0.5) is 11.4 Å². The van der Waals surface area contributed by atoms with E-state index in [2.05, 4.69) is 23.6 Å². The summed E-state index contributed by atoms with van der Waals surface area (Å²) in [6.45, 7) is 12.7. The zero-order valence-electron chi connectivity index (χ0n) is 15.6. The van der Waals surface area contributed by atoms with Crippen LogP contribution >= 0.6 is 11.8 Å². The molecule has 1 aliphatic heterocycles. The zero-order valence-corrected chi connectivity index (χ0v) is 16.4.